The predicted octanol–water partition coefficient (Wildman–Crippen LogP) is 16.0. The fourth-order valence-corrected chi connectivity index (χ4v) is 8.46. The fourth-order valence-electron chi connectivity index (χ4n) is 8.46. The van der Waals surface area contributed by atoms with Gasteiger partial charge in [-0.2, -0.15) is 0 Å². The highest BCUT2D eigenvalue weighted by Crippen LogP contribution is 2.45. The zero-order chi connectivity index (χ0) is 38.4. The smallest absolute Gasteiger partial charge is 0.135 e. The van der Waals surface area contributed by atoms with Gasteiger partial charge in [-0.1, -0.05) is 164 Å². The molecule has 10 aromatic carbocycles. The first-order chi connectivity index (χ1) is 28.7. The van der Waals surface area contributed by atoms with Crippen molar-refractivity contribution in [2.75, 3.05) is 4.90 Å². The molecule has 0 radical (unpaired) electrons. The first-order valence-corrected chi connectivity index (χ1v) is 19.8. The van der Waals surface area contributed by atoms with E-state index in [0.717, 1.165) is 61.3 Å². The van der Waals surface area contributed by atoms with E-state index in [1.807, 2.05) is 12.1 Å². The van der Waals surface area contributed by atoms with Crippen LogP contribution in [0.3, 0.4) is 0 Å². The molecule has 58 heavy (non-hydrogen) atoms. The lowest BCUT2D eigenvalue weighted by Crippen LogP contribution is -2.11. The van der Waals surface area contributed by atoms with Crippen LogP contribution in [0, 0.1) is 0 Å². The van der Waals surface area contributed by atoms with Gasteiger partial charge >= 0.3 is 0 Å². The normalized spacial score (nSPS) is 11.4. The molecule has 0 aliphatic heterocycles. The molecule has 2 nitrogen and oxygen atoms in total. The summed E-state index contributed by atoms with van der Waals surface area (Å²) in [5, 5.41) is 7.15. The number of nitrogens with zero attached hydrogens (tertiary/aromatic N) is 1. The van der Waals surface area contributed by atoms with E-state index in [1.165, 1.54) is 43.8 Å². The summed E-state index contributed by atoms with van der Waals surface area (Å²) in [5.74, 6) is 0. The highest BCUT2D eigenvalue weighted by molar-refractivity contribution is 6.07. The van der Waals surface area contributed by atoms with Crippen LogP contribution in [-0.2, 0) is 0 Å². The molecule has 0 spiro atoms. The summed E-state index contributed by atoms with van der Waals surface area (Å²) in [5.41, 5.74) is 14.4. The number of fused-ring (bicyclic) bond motifs is 5. The minimum atomic E-state index is 0.875. The minimum Gasteiger partial charge on any atom is -0.456 e. The van der Waals surface area contributed by atoms with E-state index in [0.29, 0.717) is 0 Å². The van der Waals surface area contributed by atoms with E-state index in [1.54, 1.807) is 0 Å². The number of furan rings is 1. The van der Waals surface area contributed by atoms with Crippen LogP contribution in [0.2, 0.25) is 0 Å². The van der Waals surface area contributed by atoms with Gasteiger partial charge in [0.25, 0.3) is 0 Å². The van der Waals surface area contributed by atoms with E-state index in [9.17, 15) is 0 Å². The molecule has 1 aromatic heterocycles. The van der Waals surface area contributed by atoms with Gasteiger partial charge in [0.1, 0.15) is 11.2 Å². The summed E-state index contributed by atoms with van der Waals surface area (Å²) in [6, 6.07) is 80.9. The average Bonchev–Trinajstić information content (AvgIpc) is 3.67. The van der Waals surface area contributed by atoms with Gasteiger partial charge in [-0.15, -0.1) is 0 Å². The Morgan fingerprint density at radius 3 is 1.52 bits per heavy atom. The van der Waals surface area contributed by atoms with E-state index in [2.05, 4.69) is 217 Å². The van der Waals surface area contributed by atoms with Crippen molar-refractivity contribution in [3.63, 3.8) is 0 Å². The second-order valence-electron chi connectivity index (χ2n) is 15.0. The summed E-state index contributed by atoms with van der Waals surface area (Å²) >= 11 is 0. The third-order valence-electron chi connectivity index (χ3n) is 11.4. The van der Waals surface area contributed by atoms with Crippen molar-refractivity contribution in [3.05, 3.63) is 224 Å². The third-order valence-corrected chi connectivity index (χ3v) is 11.4. The largest absolute Gasteiger partial charge is 0.456 e. The van der Waals surface area contributed by atoms with Gasteiger partial charge in [0.05, 0.1) is 5.69 Å². The first-order valence-electron chi connectivity index (χ1n) is 19.8. The van der Waals surface area contributed by atoms with Crippen LogP contribution in [0.5, 0.6) is 0 Å². The molecule has 0 bridgehead atoms. The van der Waals surface area contributed by atoms with E-state index in [-0.39, 0.29) is 0 Å². The zero-order valence-electron chi connectivity index (χ0n) is 31.7. The van der Waals surface area contributed by atoms with Crippen LogP contribution in [0.1, 0.15) is 0 Å². The van der Waals surface area contributed by atoms with Gasteiger partial charge in [0.15, 0.2) is 0 Å². The number of hydrogen-bond acceptors (Lipinski definition) is 2. The van der Waals surface area contributed by atoms with Crippen LogP contribution in [0.4, 0.5) is 17.1 Å². The number of anilines is 3. The maximum atomic E-state index is 6.31. The van der Waals surface area contributed by atoms with Gasteiger partial charge in [0, 0.05) is 27.7 Å². The molecule has 0 saturated heterocycles. The van der Waals surface area contributed by atoms with Crippen LogP contribution in [0.25, 0.3) is 88.0 Å². The van der Waals surface area contributed by atoms with Gasteiger partial charge in [-0.05, 0) is 121 Å². The summed E-state index contributed by atoms with van der Waals surface area (Å²) in [6.07, 6.45) is 0. The third kappa shape index (κ3) is 6.09. The minimum absolute atomic E-state index is 0.875. The molecule has 1 heterocycles. The molecule has 11 aromatic rings. The molecule has 0 N–H and O–H groups in total. The lowest BCUT2D eigenvalue weighted by molar-refractivity contribution is 0.669. The summed E-state index contributed by atoms with van der Waals surface area (Å²) < 4.78 is 6.31. The van der Waals surface area contributed by atoms with Gasteiger partial charge in [-0.3, -0.25) is 0 Å². The predicted molar refractivity (Wildman–Crippen MR) is 245 cm³/mol. The van der Waals surface area contributed by atoms with Crippen LogP contribution < -0.4 is 4.90 Å². The molecule has 272 valence electrons. The standard InChI is InChI=1S/C56H37NO/c1-2-13-41(14-3-1)51-31-27-48(47-24-22-39-12-5-7-16-43(39)35-47)36-54(51)57(50-30-32-56-53(37-50)52-19-8-9-20-55(52)58-56)49-28-25-40(26-29-49)44-17-10-18-45(33-44)46-23-21-38-11-4-6-15-42(38)34-46/h1-37H. The Labute approximate surface area is 337 Å². The molecule has 0 unspecified atom stereocenters. The molecular weight excluding hydrogens is 703 g/mol. The van der Waals surface area contributed by atoms with Gasteiger partial charge in [-0.25, -0.2) is 0 Å². The van der Waals surface area contributed by atoms with Crippen molar-refractivity contribution in [3.8, 4) is 44.5 Å². The second-order valence-corrected chi connectivity index (χ2v) is 15.0. The molecule has 0 saturated carbocycles. The molecule has 0 aliphatic rings. The topological polar surface area (TPSA) is 16.4 Å². The van der Waals surface area contributed by atoms with E-state index in [4.69, 9.17) is 4.42 Å². The van der Waals surface area contributed by atoms with Crippen molar-refractivity contribution in [1.82, 2.24) is 0 Å². The number of hydrogen-bond donors (Lipinski definition) is 0. The van der Waals surface area contributed by atoms with Crippen LogP contribution in [-0.4, -0.2) is 0 Å². The Morgan fingerprint density at radius 2 is 0.793 bits per heavy atom. The van der Waals surface area contributed by atoms with Crippen molar-refractivity contribution in [1.29, 1.82) is 0 Å². The Bertz CT molecular complexity index is 3290. The molecule has 0 aliphatic carbocycles. The zero-order valence-corrected chi connectivity index (χ0v) is 31.7. The Morgan fingerprint density at radius 1 is 0.276 bits per heavy atom. The molecule has 0 atom stereocenters. The van der Waals surface area contributed by atoms with Crippen LogP contribution >= 0.6 is 0 Å². The van der Waals surface area contributed by atoms with E-state index < -0.39 is 0 Å². The maximum absolute atomic E-state index is 6.31. The lowest BCUT2D eigenvalue weighted by atomic mass is 9.95. The Hall–Kier alpha value is -7.68. The highest BCUT2D eigenvalue weighted by Gasteiger charge is 2.20. The Balaban J connectivity index is 1.07. The molecular formula is C56H37NO. The summed E-state index contributed by atoms with van der Waals surface area (Å²) in [7, 11) is 0. The number of para-hydroxylation sites is 1. The number of rotatable bonds is 7. The number of benzene rings is 10. The average molecular weight is 740 g/mol. The second kappa shape index (κ2) is 14.1. The lowest BCUT2D eigenvalue weighted by Gasteiger charge is -2.29. The fraction of sp³-hybridized carbons (Fsp3) is 0. The molecule has 11 rings (SSSR count). The highest BCUT2D eigenvalue weighted by atomic mass is 16.3. The summed E-state index contributed by atoms with van der Waals surface area (Å²) in [4.78, 5) is 2.41. The van der Waals surface area contributed by atoms with Crippen molar-refractivity contribution >= 4 is 60.5 Å². The molecule has 0 amide bonds. The van der Waals surface area contributed by atoms with Crippen molar-refractivity contribution in [2.24, 2.45) is 0 Å². The maximum Gasteiger partial charge on any atom is 0.135 e. The SMILES string of the molecule is c1ccc(-c2ccc(-c3ccc4ccccc4c3)cc2N(c2ccc(-c3cccc(-c4ccc5ccccc5c4)c3)cc2)c2ccc3oc4ccccc4c3c2)cc1. The van der Waals surface area contributed by atoms with Crippen molar-refractivity contribution in [2.45, 2.75) is 0 Å². The monoisotopic (exact) mass is 739 g/mol. The van der Waals surface area contributed by atoms with Crippen molar-refractivity contribution < 1.29 is 4.42 Å². The summed E-state index contributed by atoms with van der Waals surface area (Å²) in [6.45, 7) is 0. The van der Waals surface area contributed by atoms with Gasteiger partial charge < -0.3 is 9.32 Å². The Kier molecular flexibility index (Phi) is 8.19. The quantitative estimate of drug-likeness (QED) is 0.162. The molecule has 0 fully saturated rings. The first kappa shape index (κ1) is 33.6. The molecule has 2 heteroatoms. The van der Waals surface area contributed by atoms with Crippen LogP contribution in [0.15, 0.2) is 229 Å². The van der Waals surface area contributed by atoms with Gasteiger partial charge in [0.2, 0.25) is 0 Å². The van der Waals surface area contributed by atoms with E-state index >= 15 is 0 Å².